The fourth-order valence-corrected chi connectivity index (χ4v) is 3.42. The molecule has 1 aromatic rings. The number of rotatable bonds is 4. The molecule has 1 N–H and O–H groups in total. The molecule has 0 spiro atoms. The minimum atomic E-state index is -0.0327. The van der Waals surface area contributed by atoms with Gasteiger partial charge in [-0.25, -0.2) is 0 Å². The summed E-state index contributed by atoms with van der Waals surface area (Å²) < 4.78 is 11.3. The second kappa shape index (κ2) is 6.95. The molecule has 0 atom stereocenters. The number of nitrogens with zero attached hydrogens (tertiary/aromatic N) is 1. The molecule has 1 fully saturated rings. The van der Waals surface area contributed by atoms with E-state index < -0.39 is 0 Å². The van der Waals surface area contributed by atoms with Gasteiger partial charge in [0.15, 0.2) is 0 Å². The van der Waals surface area contributed by atoms with E-state index >= 15 is 0 Å². The highest BCUT2D eigenvalue weighted by atomic mass is 16.5. The summed E-state index contributed by atoms with van der Waals surface area (Å²) in [5.41, 5.74) is 1.74. The SMILES string of the molecule is CC1=C(C(=O)NCC2(N(C)C)CCOCC2)Cc2ccccc2O1. The van der Waals surface area contributed by atoms with Crippen LogP contribution in [0.2, 0.25) is 0 Å². The van der Waals surface area contributed by atoms with Gasteiger partial charge in [-0.15, -0.1) is 0 Å². The van der Waals surface area contributed by atoms with Crippen LogP contribution in [0.1, 0.15) is 25.3 Å². The minimum Gasteiger partial charge on any atom is -0.461 e. The number of allylic oxidation sites excluding steroid dienone is 1. The average Bonchev–Trinajstić information content (AvgIpc) is 2.59. The molecule has 0 radical (unpaired) electrons. The molecule has 24 heavy (non-hydrogen) atoms. The zero-order valence-corrected chi connectivity index (χ0v) is 14.7. The molecule has 0 aromatic heterocycles. The van der Waals surface area contributed by atoms with Crippen molar-refractivity contribution in [3.05, 3.63) is 41.2 Å². The van der Waals surface area contributed by atoms with Crippen LogP contribution in [0.5, 0.6) is 5.75 Å². The van der Waals surface area contributed by atoms with Gasteiger partial charge in [-0.2, -0.15) is 0 Å². The van der Waals surface area contributed by atoms with Gasteiger partial charge in [0.05, 0.1) is 5.57 Å². The number of carbonyl (C=O) groups is 1. The number of amides is 1. The maximum Gasteiger partial charge on any atom is 0.251 e. The molecular weight excluding hydrogens is 304 g/mol. The summed E-state index contributed by atoms with van der Waals surface area (Å²) in [5, 5.41) is 3.13. The van der Waals surface area contributed by atoms with Gasteiger partial charge in [-0.3, -0.25) is 4.79 Å². The van der Waals surface area contributed by atoms with Crippen molar-refractivity contribution in [1.29, 1.82) is 0 Å². The van der Waals surface area contributed by atoms with Crippen LogP contribution in [0.25, 0.3) is 0 Å². The van der Waals surface area contributed by atoms with Crippen LogP contribution < -0.4 is 10.1 Å². The lowest BCUT2D eigenvalue weighted by molar-refractivity contribution is -0.119. The molecule has 2 aliphatic rings. The predicted octanol–water partition coefficient (Wildman–Crippen LogP) is 2.12. The molecule has 5 heteroatoms. The van der Waals surface area contributed by atoms with Crippen molar-refractivity contribution in [3.63, 3.8) is 0 Å². The number of para-hydroxylation sites is 1. The van der Waals surface area contributed by atoms with Crippen LogP contribution in [0.3, 0.4) is 0 Å². The van der Waals surface area contributed by atoms with Gasteiger partial charge in [0.2, 0.25) is 0 Å². The summed E-state index contributed by atoms with van der Waals surface area (Å²) in [6.45, 7) is 3.97. The van der Waals surface area contributed by atoms with Crippen LogP contribution >= 0.6 is 0 Å². The fraction of sp³-hybridized carbons (Fsp3) is 0.526. The first-order chi connectivity index (χ1) is 11.5. The van der Waals surface area contributed by atoms with Gasteiger partial charge in [-0.1, -0.05) is 18.2 Å². The second-order valence-electron chi connectivity index (χ2n) is 6.84. The van der Waals surface area contributed by atoms with Crippen LogP contribution in [0, 0.1) is 0 Å². The lowest BCUT2D eigenvalue weighted by Gasteiger charge is -2.43. The minimum absolute atomic E-state index is 0.0319. The van der Waals surface area contributed by atoms with Crippen molar-refractivity contribution in [2.75, 3.05) is 33.9 Å². The lowest BCUT2D eigenvalue weighted by atomic mass is 9.88. The number of ether oxygens (including phenoxy) is 2. The Morgan fingerprint density at radius 3 is 2.67 bits per heavy atom. The van der Waals surface area contributed by atoms with Gasteiger partial charge >= 0.3 is 0 Å². The molecule has 5 nitrogen and oxygen atoms in total. The van der Waals surface area contributed by atoms with E-state index in [9.17, 15) is 4.79 Å². The van der Waals surface area contributed by atoms with Gasteiger partial charge in [0, 0.05) is 31.7 Å². The Kier molecular flexibility index (Phi) is 4.92. The molecule has 0 bridgehead atoms. The molecule has 1 amide bonds. The van der Waals surface area contributed by atoms with Crippen molar-refractivity contribution in [2.24, 2.45) is 0 Å². The van der Waals surface area contributed by atoms with Crippen molar-refractivity contribution >= 4 is 5.91 Å². The highest BCUT2D eigenvalue weighted by molar-refractivity contribution is 5.94. The quantitative estimate of drug-likeness (QED) is 0.919. The van der Waals surface area contributed by atoms with Crippen LogP contribution in [-0.2, 0) is 16.0 Å². The van der Waals surface area contributed by atoms with E-state index in [1.165, 1.54) is 0 Å². The van der Waals surface area contributed by atoms with E-state index in [0.717, 1.165) is 42.9 Å². The van der Waals surface area contributed by atoms with Crippen LogP contribution in [0.15, 0.2) is 35.6 Å². The number of benzene rings is 1. The topological polar surface area (TPSA) is 50.8 Å². The highest BCUT2D eigenvalue weighted by Gasteiger charge is 2.35. The average molecular weight is 330 g/mol. The molecular formula is C19H26N2O3. The van der Waals surface area contributed by atoms with E-state index in [2.05, 4.69) is 24.3 Å². The standard InChI is InChI=1S/C19H26N2O3/c1-14-16(12-15-6-4-5-7-17(15)24-14)18(22)20-13-19(21(2)3)8-10-23-11-9-19/h4-7H,8-13H2,1-3H3,(H,20,22). The first-order valence-electron chi connectivity index (χ1n) is 8.51. The zero-order chi connectivity index (χ0) is 17.2. The normalized spacial score (nSPS) is 19.7. The molecule has 130 valence electrons. The predicted molar refractivity (Wildman–Crippen MR) is 93.0 cm³/mol. The van der Waals surface area contributed by atoms with E-state index in [0.29, 0.717) is 18.7 Å². The van der Waals surface area contributed by atoms with Gasteiger partial charge < -0.3 is 19.7 Å². The van der Waals surface area contributed by atoms with Crippen LogP contribution in [-0.4, -0.2) is 50.2 Å². The third kappa shape index (κ3) is 3.32. The summed E-state index contributed by atoms with van der Waals surface area (Å²) in [6.07, 6.45) is 2.47. The maximum atomic E-state index is 12.7. The van der Waals surface area contributed by atoms with E-state index in [4.69, 9.17) is 9.47 Å². The second-order valence-corrected chi connectivity index (χ2v) is 6.84. The van der Waals surface area contributed by atoms with Crippen molar-refractivity contribution < 1.29 is 14.3 Å². The van der Waals surface area contributed by atoms with Gasteiger partial charge in [-0.05, 0) is 45.5 Å². The third-order valence-electron chi connectivity index (χ3n) is 5.25. The Balaban J connectivity index is 1.69. The number of carbonyl (C=O) groups excluding carboxylic acids is 1. The summed E-state index contributed by atoms with van der Waals surface area (Å²) in [5.74, 6) is 1.51. The van der Waals surface area contributed by atoms with E-state index in [1.807, 2.05) is 31.2 Å². The fourth-order valence-electron chi connectivity index (χ4n) is 3.42. The molecule has 3 rings (SSSR count). The number of hydrogen-bond acceptors (Lipinski definition) is 4. The molecule has 2 heterocycles. The van der Waals surface area contributed by atoms with Crippen molar-refractivity contribution in [2.45, 2.75) is 31.7 Å². The molecule has 2 aliphatic heterocycles. The van der Waals surface area contributed by atoms with E-state index in [1.54, 1.807) is 0 Å². The molecule has 0 saturated carbocycles. The smallest absolute Gasteiger partial charge is 0.251 e. The van der Waals surface area contributed by atoms with Crippen molar-refractivity contribution in [3.8, 4) is 5.75 Å². The van der Waals surface area contributed by atoms with E-state index in [-0.39, 0.29) is 11.4 Å². The Morgan fingerprint density at radius 2 is 1.96 bits per heavy atom. The first-order valence-corrected chi connectivity index (χ1v) is 8.51. The van der Waals surface area contributed by atoms with Crippen molar-refractivity contribution in [1.82, 2.24) is 10.2 Å². The lowest BCUT2D eigenvalue weighted by Crippen LogP contribution is -2.56. The number of fused-ring (bicyclic) bond motifs is 1. The molecule has 0 unspecified atom stereocenters. The summed E-state index contributed by atoms with van der Waals surface area (Å²) >= 11 is 0. The Labute approximate surface area is 143 Å². The molecule has 1 aromatic carbocycles. The number of hydrogen-bond donors (Lipinski definition) is 1. The largest absolute Gasteiger partial charge is 0.461 e. The maximum absolute atomic E-state index is 12.7. The first kappa shape index (κ1) is 17.0. The molecule has 0 aliphatic carbocycles. The summed E-state index contributed by atoms with van der Waals surface area (Å²) in [6, 6.07) is 7.87. The van der Waals surface area contributed by atoms with Crippen LogP contribution in [0.4, 0.5) is 0 Å². The van der Waals surface area contributed by atoms with Gasteiger partial charge in [0.1, 0.15) is 11.5 Å². The Bertz CT molecular complexity index is 646. The summed E-state index contributed by atoms with van der Waals surface area (Å²) in [4.78, 5) is 14.9. The Morgan fingerprint density at radius 1 is 1.25 bits per heavy atom. The summed E-state index contributed by atoms with van der Waals surface area (Å²) in [7, 11) is 4.14. The molecule has 1 saturated heterocycles. The zero-order valence-electron chi connectivity index (χ0n) is 14.7. The number of likely N-dealkylation sites (N-methyl/N-ethyl adjacent to an activating group) is 1. The number of nitrogens with one attached hydrogen (secondary N) is 1. The van der Waals surface area contributed by atoms with Gasteiger partial charge in [0.25, 0.3) is 5.91 Å². The third-order valence-corrected chi connectivity index (χ3v) is 5.25. The Hall–Kier alpha value is -1.85. The monoisotopic (exact) mass is 330 g/mol. The highest BCUT2D eigenvalue weighted by Crippen LogP contribution is 2.30.